The standard InChI is InChI=1S/C14H8BrClF2O/c15-9-3-6-11(12(18)7-9)14(19)13(16)8-1-4-10(17)5-2-8/h1-7,13H. The Labute approximate surface area is 122 Å². The molecule has 98 valence electrons. The van der Waals surface area contributed by atoms with Crippen molar-refractivity contribution >= 4 is 33.3 Å². The number of carbonyl (C=O) groups excluding carboxylic acids is 1. The lowest BCUT2D eigenvalue weighted by Gasteiger charge is -2.10. The molecule has 19 heavy (non-hydrogen) atoms. The summed E-state index contributed by atoms with van der Waals surface area (Å²) in [5, 5.41) is -1.05. The predicted molar refractivity (Wildman–Crippen MR) is 73.4 cm³/mol. The van der Waals surface area contributed by atoms with E-state index >= 15 is 0 Å². The van der Waals surface area contributed by atoms with Crippen molar-refractivity contribution in [2.45, 2.75) is 5.38 Å². The van der Waals surface area contributed by atoms with Gasteiger partial charge in [-0.15, -0.1) is 11.6 Å². The fourth-order valence-electron chi connectivity index (χ4n) is 1.61. The van der Waals surface area contributed by atoms with Crippen molar-refractivity contribution in [3.63, 3.8) is 0 Å². The van der Waals surface area contributed by atoms with Crippen molar-refractivity contribution in [2.24, 2.45) is 0 Å². The Bertz CT molecular complexity index is 613. The molecule has 0 amide bonds. The molecule has 0 aliphatic carbocycles. The van der Waals surface area contributed by atoms with Gasteiger partial charge in [0.1, 0.15) is 17.0 Å². The second-order valence-corrected chi connectivity index (χ2v) is 5.25. The Morgan fingerprint density at radius 1 is 1.11 bits per heavy atom. The van der Waals surface area contributed by atoms with Crippen molar-refractivity contribution in [1.29, 1.82) is 0 Å². The Morgan fingerprint density at radius 2 is 1.74 bits per heavy atom. The largest absolute Gasteiger partial charge is 0.292 e. The van der Waals surface area contributed by atoms with Gasteiger partial charge in [-0.05, 0) is 35.9 Å². The first-order chi connectivity index (χ1) is 8.99. The summed E-state index contributed by atoms with van der Waals surface area (Å²) in [6.45, 7) is 0. The first kappa shape index (κ1) is 14.2. The summed E-state index contributed by atoms with van der Waals surface area (Å²) in [7, 11) is 0. The van der Waals surface area contributed by atoms with Crippen LogP contribution in [0.4, 0.5) is 8.78 Å². The van der Waals surface area contributed by atoms with Gasteiger partial charge >= 0.3 is 0 Å². The van der Waals surface area contributed by atoms with Gasteiger partial charge in [0, 0.05) is 4.47 Å². The fraction of sp³-hybridized carbons (Fsp3) is 0.0714. The van der Waals surface area contributed by atoms with Gasteiger partial charge in [-0.2, -0.15) is 0 Å². The lowest BCUT2D eigenvalue weighted by atomic mass is 10.0. The highest BCUT2D eigenvalue weighted by Crippen LogP contribution is 2.27. The number of benzene rings is 2. The van der Waals surface area contributed by atoms with Crippen molar-refractivity contribution in [2.75, 3.05) is 0 Å². The zero-order valence-electron chi connectivity index (χ0n) is 9.54. The van der Waals surface area contributed by atoms with E-state index in [0.29, 0.717) is 10.0 Å². The maximum Gasteiger partial charge on any atom is 0.188 e. The molecule has 0 heterocycles. The third-order valence-corrected chi connectivity index (χ3v) is 3.53. The first-order valence-corrected chi connectivity index (χ1v) is 6.61. The third-order valence-electron chi connectivity index (χ3n) is 2.59. The van der Waals surface area contributed by atoms with Crippen LogP contribution in [0.3, 0.4) is 0 Å². The summed E-state index contributed by atoms with van der Waals surface area (Å²) < 4.78 is 27.0. The molecule has 1 unspecified atom stereocenters. The maximum absolute atomic E-state index is 13.7. The topological polar surface area (TPSA) is 17.1 Å². The van der Waals surface area contributed by atoms with Gasteiger partial charge in [-0.3, -0.25) is 4.79 Å². The van der Waals surface area contributed by atoms with Crippen molar-refractivity contribution < 1.29 is 13.6 Å². The van der Waals surface area contributed by atoms with Crippen molar-refractivity contribution in [3.05, 3.63) is 69.7 Å². The Kier molecular flexibility index (Phi) is 4.32. The number of carbonyl (C=O) groups is 1. The predicted octanol–water partition coefficient (Wildman–Crippen LogP) is 4.89. The quantitative estimate of drug-likeness (QED) is 0.572. The van der Waals surface area contributed by atoms with Crippen molar-refractivity contribution in [3.8, 4) is 0 Å². The summed E-state index contributed by atoms with van der Waals surface area (Å²) in [6, 6.07) is 9.34. The zero-order valence-corrected chi connectivity index (χ0v) is 11.9. The van der Waals surface area contributed by atoms with E-state index in [-0.39, 0.29) is 5.56 Å². The molecule has 2 rings (SSSR count). The van der Waals surface area contributed by atoms with E-state index in [1.54, 1.807) is 6.07 Å². The fourth-order valence-corrected chi connectivity index (χ4v) is 2.21. The lowest BCUT2D eigenvalue weighted by molar-refractivity contribution is 0.0983. The summed E-state index contributed by atoms with van der Waals surface area (Å²) in [4.78, 5) is 12.1. The van der Waals surface area contributed by atoms with Crippen molar-refractivity contribution in [1.82, 2.24) is 0 Å². The molecule has 1 atom stereocenters. The second kappa shape index (κ2) is 5.80. The average molecular weight is 346 g/mol. The molecule has 2 aromatic carbocycles. The SMILES string of the molecule is O=C(c1ccc(Br)cc1F)C(Cl)c1ccc(F)cc1. The molecule has 0 saturated carbocycles. The monoisotopic (exact) mass is 344 g/mol. The molecule has 0 aromatic heterocycles. The molecule has 1 nitrogen and oxygen atoms in total. The maximum atomic E-state index is 13.7. The Balaban J connectivity index is 2.30. The minimum atomic E-state index is -1.05. The first-order valence-electron chi connectivity index (χ1n) is 5.38. The number of halogens is 4. The molecule has 0 bridgehead atoms. The van der Waals surface area contributed by atoms with E-state index in [4.69, 9.17) is 11.6 Å². The molecule has 0 N–H and O–H groups in total. The van der Waals surface area contributed by atoms with Crippen LogP contribution in [-0.4, -0.2) is 5.78 Å². The van der Waals surface area contributed by atoms with Gasteiger partial charge in [0.25, 0.3) is 0 Å². The van der Waals surface area contributed by atoms with Gasteiger partial charge in [-0.25, -0.2) is 8.78 Å². The van der Waals surface area contributed by atoms with E-state index in [2.05, 4.69) is 15.9 Å². The molecule has 0 spiro atoms. The van der Waals surface area contributed by atoms with Crippen LogP contribution in [0.5, 0.6) is 0 Å². The Morgan fingerprint density at radius 3 is 2.32 bits per heavy atom. The van der Waals surface area contributed by atoms with Crippen LogP contribution in [0.15, 0.2) is 46.9 Å². The van der Waals surface area contributed by atoms with Crippen LogP contribution < -0.4 is 0 Å². The molecular weight excluding hydrogens is 338 g/mol. The van der Waals surface area contributed by atoms with Crippen LogP contribution in [0.25, 0.3) is 0 Å². The van der Waals surface area contributed by atoms with E-state index in [9.17, 15) is 13.6 Å². The normalized spacial score (nSPS) is 12.2. The van der Waals surface area contributed by atoms with Gasteiger partial charge in [0.2, 0.25) is 0 Å². The highest BCUT2D eigenvalue weighted by molar-refractivity contribution is 9.10. The van der Waals surface area contributed by atoms with E-state index in [0.717, 1.165) is 0 Å². The summed E-state index contributed by atoms with van der Waals surface area (Å²) in [5.74, 6) is -1.62. The van der Waals surface area contributed by atoms with E-state index in [1.165, 1.54) is 36.4 Å². The molecule has 0 saturated heterocycles. The third kappa shape index (κ3) is 3.19. The molecule has 0 aliphatic rings. The van der Waals surface area contributed by atoms with Gasteiger partial charge in [-0.1, -0.05) is 28.1 Å². The van der Waals surface area contributed by atoms with E-state index < -0.39 is 22.8 Å². The smallest absolute Gasteiger partial charge is 0.188 e. The summed E-state index contributed by atoms with van der Waals surface area (Å²) in [5.41, 5.74) is 0.336. The Hall–Kier alpha value is -1.26. The number of hydrogen-bond donors (Lipinski definition) is 0. The number of ketones is 1. The molecule has 0 radical (unpaired) electrons. The van der Waals surface area contributed by atoms with Crippen LogP contribution >= 0.6 is 27.5 Å². The minimum absolute atomic E-state index is 0.0903. The van der Waals surface area contributed by atoms with Crippen LogP contribution in [0.2, 0.25) is 0 Å². The lowest BCUT2D eigenvalue weighted by Crippen LogP contribution is -2.09. The van der Waals surface area contributed by atoms with Crippen LogP contribution in [-0.2, 0) is 0 Å². The number of hydrogen-bond acceptors (Lipinski definition) is 1. The summed E-state index contributed by atoms with van der Waals surface area (Å²) >= 11 is 9.11. The molecule has 5 heteroatoms. The highest BCUT2D eigenvalue weighted by Gasteiger charge is 2.22. The van der Waals surface area contributed by atoms with Crippen LogP contribution in [0.1, 0.15) is 21.3 Å². The molecule has 0 fully saturated rings. The van der Waals surface area contributed by atoms with Gasteiger partial charge in [0.05, 0.1) is 5.56 Å². The average Bonchev–Trinajstić information content (AvgIpc) is 2.38. The number of Topliss-reactive ketones (excluding diaryl/α,β-unsaturated/α-hetero) is 1. The molecule has 0 aliphatic heterocycles. The molecular formula is C14H8BrClF2O. The minimum Gasteiger partial charge on any atom is -0.292 e. The second-order valence-electron chi connectivity index (χ2n) is 3.90. The molecule has 2 aromatic rings. The highest BCUT2D eigenvalue weighted by atomic mass is 79.9. The zero-order chi connectivity index (χ0) is 14.0. The van der Waals surface area contributed by atoms with Crippen LogP contribution in [0, 0.1) is 11.6 Å². The number of rotatable bonds is 3. The van der Waals surface area contributed by atoms with E-state index in [1.807, 2.05) is 0 Å². The number of alkyl halides is 1. The van der Waals surface area contributed by atoms with Gasteiger partial charge < -0.3 is 0 Å². The van der Waals surface area contributed by atoms with Gasteiger partial charge in [0.15, 0.2) is 5.78 Å². The summed E-state index contributed by atoms with van der Waals surface area (Å²) in [6.07, 6.45) is 0.